The van der Waals surface area contributed by atoms with Gasteiger partial charge < -0.3 is 9.64 Å². The van der Waals surface area contributed by atoms with Gasteiger partial charge in [0.2, 0.25) is 0 Å². The monoisotopic (exact) mass is 504 g/mol. The predicted molar refractivity (Wildman–Crippen MR) is 126 cm³/mol. The number of ether oxygens (including phenoxy) is 1. The molecule has 9 heteroatoms. The van der Waals surface area contributed by atoms with Crippen LogP contribution < -0.4 is 14.4 Å². The molecule has 1 aliphatic rings. The van der Waals surface area contributed by atoms with Gasteiger partial charge in [0.15, 0.2) is 11.6 Å². The predicted octanol–water partition coefficient (Wildman–Crippen LogP) is 4.83. The van der Waals surface area contributed by atoms with Gasteiger partial charge in [0.05, 0.1) is 17.6 Å². The molecule has 4 rings (SSSR count). The Balaban J connectivity index is 1.80. The Morgan fingerprint density at radius 3 is 2.65 bits per heavy atom. The van der Waals surface area contributed by atoms with E-state index in [0.29, 0.717) is 34.1 Å². The standard InChI is InChI=1S/C22H25BrN4O3S/c1-3-30-19-11-10-16(23)13-20(19)31(28,29)26-21-22(27-12-6-7-15(2)14-27)25-18-9-5-4-8-17(18)24-21/h4-5,8-11,13,15H,3,6-7,12,14H2,1-2H3,(H,24,26)/t15-/m1/s1. The second-order valence-electron chi connectivity index (χ2n) is 7.71. The number of rotatable bonds is 6. The molecule has 1 aromatic heterocycles. The van der Waals surface area contributed by atoms with Crippen LogP contribution in [0.4, 0.5) is 11.6 Å². The summed E-state index contributed by atoms with van der Waals surface area (Å²) in [5.74, 6) is 1.58. The van der Waals surface area contributed by atoms with Crippen molar-refractivity contribution in [2.24, 2.45) is 5.92 Å². The van der Waals surface area contributed by atoms with Crippen LogP contribution >= 0.6 is 15.9 Å². The Morgan fingerprint density at radius 2 is 1.94 bits per heavy atom. The van der Waals surface area contributed by atoms with Gasteiger partial charge in [-0.05, 0) is 56.0 Å². The Morgan fingerprint density at radius 1 is 1.19 bits per heavy atom. The maximum Gasteiger partial charge on any atom is 0.266 e. The lowest BCUT2D eigenvalue weighted by Crippen LogP contribution is -2.35. The third-order valence-corrected chi connectivity index (χ3v) is 7.09. The summed E-state index contributed by atoms with van der Waals surface area (Å²) in [4.78, 5) is 11.6. The summed E-state index contributed by atoms with van der Waals surface area (Å²) >= 11 is 3.36. The van der Waals surface area contributed by atoms with E-state index in [1.54, 1.807) is 12.1 Å². The fraction of sp³-hybridized carbons (Fsp3) is 0.364. The van der Waals surface area contributed by atoms with Crippen LogP contribution in [-0.2, 0) is 10.0 Å². The fourth-order valence-electron chi connectivity index (χ4n) is 3.81. The molecule has 0 unspecified atom stereocenters. The van der Waals surface area contributed by atoms with Crippen LogP contribution in [0.25, 0.3) is 11.0 Å². The van der Waals surface area contributed by atoms with Crippen LogP contribution in [0.2, 0.25) is 0 Å². The maximum absolute atomic E-state index is 13.4. The van der Waals surface area contributed by atoms with Gasteiger partial charge in [-0.3, -0.25) is 4.72 Å². The average Bonchev–Trinajstić information content (AvgIpc) is 2.74. The normalized spacial score (nSPS) is 17.0. The van der Waals surface area contributed by atoms with Gasteiger partial charge in [-0.25, -0.2) is 18.4 Å². The third-order valence-electron chi connectivity index (χ3n) is 5.23. The minimum absolute atomic E-state index is 0.0524. The van der Waals surface area contributed by atoms with Crippen molar-refractivity contribution in [1.82, 2.24) is 9.97 Å². The van der Waals surface area contributed by atoms with E-state index in [2.05, 4.69) is 37.5 Å². The molecule has 1 atom stereocenters. The van der Waals surface area contributed by atoms with Crippen LogP contribution in [0, 0.1) is 5.92 Å². The number of benzene rings is 2. The first-order valence-electron chi connectivity index (χ1n) is 10.3. The van der Waals surface area contributed by atoms with E-state index in [4.69, 9.17) is 9.72 Å². The first-order valence-corrected chi connectivity index (χ1v) is 12.6. The highest BCUT2D eigenvalue weighted by atomic mass is 79.9. The molecule has 2 heterocycles. The number of aromatic nitrogens is 2. The van der Waals surface area contributed by atoms with Gasteiger partial charge in [-0.15, -0.1) is 0 Å². The molecule has 1 aliphatic heterocycles. The lowest BCUT2D eigenvalue weighted by atomic mass is 10.0. The van der Waals surface area contributed by atoms with E-state index in [-0.39, 0.29) is 10.7 Å². The SMILES string of the molecule is CCOc1ccc(Br)cc1S(=O)(=O)Nc1nc2ccccc2nc1N1CCC[C@@H](C)C1. The highest BCUT2D eigenvalue weighted by Gasteiger charge is 2.27. The Kier molecular flexibility index (Phi) is 6.34. The number of nitrogens with one attached hydrogen (secondary N) is 1. The third kappa shape index (κ3) is 4.77. The van der Waals surface area contributed by atoms with Gasteiger partial charge in [0, 0.05) is 17.6 Å². The molecule has 0 bridgehead atoms. The minimum Gasteiger partial charge on any atom is -0.492 e. The topological polar surface area (TPSA) is 84.4 Å². The quantitative estimate of drug-likeness (QED) is 0.517. The second-order valence-corrected chi connectivity index (χ2v) is 10.3. The molecule has 164 valence electrons. The van der Waals surface area contributed by atoms with Crippen molar-refractivity contribution in [3.63, 3.8) is 0 Å². The fourth-order valence-corrected chi connectivity index (χ4v) is 5.50. The first-order chi connectivity index (χ1) is 14.9. The molecule has 1 N–H and O–H groups in total. The molecular weight excluding hydrogens is 480 g/mol. The largest absolute Gasteiger partial charge is 0.492 e. The van der Waals surface area contributed by atoms with E-state index in [1.165, 1.54) is 6.07 Å². The van der Waals surface area contributed by atoms with Crippen LogP contribution in [0.5, 0.6) is 5.75 Å². The zero-order valence-electron chi connectivity index (χ0n) is 17.5. The second kappa shape index (κ2) is 9.00. The molecule has 0 aliphatic carbocycles. The number of hydrogen-bond donors (Lipinski definition) is 1. The number of anilines is 2. The van der Waals surface area contributed by atoms with Gasteiger partial charge in [-0.1, -0.05) is 35.0 Å². The number of nitrogens with zero attached hydrogens (tertiary/aromatic N) is 3. The Labute approximate surface area is 191 Å². The summed E-state index contributed by atoms with van der Waals surface area (Å²) < 4.78 is 35.7. The number of piperidine rings is 1. The smallest absolute Gasteiger partial charge is 0.266 e. The highest BCUT2D eigenvalue weighted by Crippen LogP contribution is 2.33. The van der Waals surface area contributed by atoms with Crippen LogP contribution in [0.15, 0.2) is 51.8 Å². The molecule has 0 amide bonds. The minimum atomic E-state index is -3.97. The lowest BCUT2D eigenvalue weighted by molar-refractivity contribution is 0.331. The van der Waals surface area contributed by atoms with Crippen molar-refractivity contribution in [3.05, 3.63) is 46.9 Å². The van der Waals surface area contributed by atoms with E-state index < -0.39 is 10.0 Å². The summed E-state index contributed by atoms with van der Waals surface area (Å²) in [5.41, 5.74) is 1.37. The van der Waals surface area contributed by atoms with E-state index in [0.717, 1.165) is 31.4 Å². The molecule has 0 saturated carbocycles. The van der Waals surface area contributed by atoms with Crippen molar-refractivity contribution in [2.45, 2.75) is 31.6 Å². The summed E-state index contributed by atoms with van der Waals surface area (Å²) in [6, 6.07) is 12.4. The zero-order chi connectivity index (χ0) is 22.0. The summed E-state index contributed by atoms with van der Waals surface area (Å²) in [7, 11) is -3.97. The van der Waals surface area contributed by atoms with Crippen molar-refractivity contribution in [2.75, 3.05) is 29.3 Å². The number of halogens is 1. The molecule has 1 fully saturated rings. The summed E-state index contributed by atoms with van der Waals surface area (Å²) in [5, 5.41) is 0. The summed E-state index contributed by atoms with van der Waals surface area (Å²) in [6.07, 6.45) is 2.18. The van der Waals surface area contributed by atoms with Gasteiger partial charge >= 0.3 is 0 Å². The molecule has 0 radical (unpaired) electrons. The van der Waals surface area contributed by atoms with E-state index in [1.807, 2.05) is 31.2 Å². The molecule has 7 nitrogen and oxygen atoms in total. The molecular formula is C22H25BrN4O3S. The average molecular weight is 505 g/mol. The van der Waals surface area contributed by atoms with Gasteiger partial charge in [-0.2, -0.15) is 0 Å². The molecule has 0 spiro atoms. The first kappa shape index (κ1) is 21.8. The van der Waals surface area contributed by atoms with Gasteiger partial charge in [0.1, 0.15) is 10.6 Å². The van der Waals surface area contributed by atoms with Gasteiger partial charge in [0.25, 0.3) is 10.0 Å². The number of sulfonamides is 1. The Bertz CT molecular complexity index is 1200. The number of para-hydroxylation sites is 2. The molecule has 1 saturated heterocycles. The molecule has 3 aromatic rings. The lowest BCUT2D eigenvalue weighted by Gasteiger charge is -2.32. The molecule has 31 heavy (non-hydrogen) atoms. The van der Waals surface area contributed by atoms with Crippen LogP contribution in [0.1, 0.15) is 26.7 Å². The number of hydrogen-bond acceptors (Lipinski definition) is 6. The van der Waals surface area contributed by atoms with Crippen LogP contribution in [-0.4, -0.2) is 38.1 Å². The van der Waals surface area contributed by atoms with E-state index >= 15 is 0 Å². The number of fused-ring (bicyclic) bond motifs is 1. The summed E-state index contributed by atoms with van der Waals surface area (Å²) in [6.45, 7) is 5.99. The maximum atomic E-state index is 13.4. The van der Waals surface area contributed by atoms with Crippen molar-refractivity contribution >= 4 is 48.6 Å². The molecule has 2 aromatic carbocycles. The Hall–Kier alpha value is -2.39. The zero-order valence-corrected chi connectivity index (χ0v) is 19.9. The van der Waals surface area contributed by atoms with Crippen molar-refractivity contribution in [3.8, 4) is 5.75 Å². The van der Waals surface area contributed by atoms with Crippen molar-refractivity contribution in [1.29, 1.82) is 0 Å². The van der Waals surface area contributed by atoms with Crippen LogP contribution in [0.3, 0.4) is 0 Å². The van der Waals surface area contributed by atoms with E-state index in [9.17, 15) is 8.42 Å². The highest BCUT2D eigenvalue weighted by molar-refractivity contribution is 9.10. The van der Waals surface area contributed by atoms with Crippen molar-refractivity contribution < 1.29 is 13.2 Å².